The van der Waals surface area contributed by atoms with Crippen LogP contribution in [0, 0.1) is 6.92 Å². The fourth-order valence-corrected chi connectivity index (χ4v) is 3.29. The third-order valence-electron chi connectivity index (χ3n) is 4.57. The molecule has 1 heterocycles. The van der Waals surface area contributed by atoms with Crippen molar-refractivity contribution in [2.75, 3.05) is 0 Å². The number of carbonyl (C=O) groups is 1. The van der Waals surface area contributed by atoms with Crippen molar-refractivity contribution < 1.29 is 4.79 Å². The van der Waals surface area contributed by atoms with E-state index < -0.39 is 0 Å². The molecule has 0 radical (unpaired) electrons. The fourth-order valence-electron chi connectivity index (χ4n) is 3.29. The van der Waals surface area contributed by atoms with E-state index in [1.807, 2.05) is 61.5 Å². The van der Waals surface area contributed by atoms with Crippen LogP contribution in [-0.4, -0.2) is 10.4 Å². The van der Waals surface area contributed by atoms with Crippen LogP contribution in [0.2, 0.25) is 0 Å². The van der Waals surface area contributed by atoms with Crippen LogP contribution >= 0.6 is 0 Å². The van der Waals surface area contributed by atoms with Crippen molar-refractivity contribution in [1.29, 1.82) is 0 Å². The van der Waals surface area contributed by atoms with Crippen molar-refractivity contribution in [3.05, 3.63) is 83.4 Å². The van der Waals surface area contributed by atoms with Crippen molar-refractivity contribution >= 4 is 27.6 Å². The summed E-state index contributed by atoms with van der Waals surface area (Å²) in [6.07, 6.45) is 0. The molecule has 1 aromatic heterocycles. The lowest BCUT2D eigenvalue weighted by molar-refractivity contribution is 0.103. The molecule has 4 rings (SSSR count). The average Bonchev–Trinajstić information content (AvgIpc) is 2.88. The monoisotopic (exact) mass is 299 g/mol. The predicted octanol–water partition coefficient (Wildman–Crippen LogP) is 4.87. The highest BCUT2D eigenvalue weighted by atomic mass is 16.1. The van der Waals surface area contributed by atoms with Crippen LogP contribution in [0.5, 0.6) is 0 Å². The topological polar surface area (TPSA) is 22.0 Å². The standard InChI is InChI=1S/C21H17NO/c1-14-7-3-4-8-16(14)21(23)15-11-12-20-18(13-15)17-9-5-6-10-19(17)22(20)2/h3-13H,1-2H3. The van der Waals surface area contributed by atoms with Crippen molar-refractivity contribution in [2.24, 2.45) is 7.05 Å². The van der Waals surface area contributed by atoms with E-state index in [9.17, 15) is 4.79 Å². The van der Waals surface area contributed by atoms with E-state index in [1.165, 1.54) is 10.9 Å². The van der Waals surface area contributed by atoms with E-state index in [4.69, 9.17) is 0 Å². The molecule has 23 heavy (non-hydrogen) atoms. The molecule has 0 saturated heterocycles. The number of benzene rings is 3. The number of nitrogens with zero attached hydrogens (tertiary/aromatic N) is 1. The first kappa shape index (κ1) is 13.8. The van der Waals surface area contributed by atoms with Gasteiger partial charge in [0.2, 0.25) is 0 Å². The van der Waals surface area contributed by atoms with Gasteiger partial charge in [-0.2, -0.15) is 0 Å². The quantitative estimate of drug-likeness (QED) is 0.484. The van der Waals surface area contributed by atoms with E-state index in [2.05, 4.69) is 23.7 Å². The van der Waals surface area contributed by atoms with Crippen LogP contribution in [-0.2, 0) is 7.05 Å². The minimum Gasteiger partial charge on any atom is -0.344 e. The number of hydrogen-bond acceptors (Lipinski definition) is 1. The highest BCUT2D eigenvalue weighted by Gasteiger charge is 2.14. The van der Waals surface area contributed by atoms with E-state index in [-0.39, 0.29) is 5.78 Å². The van der Waals surface area contributed by atoms with Gasteiger partial charge in [0.15, 0.2) is 5.78 Å². The van der Waals surface area contributed by atoms with Crippen molar-refractivity contribution in [1.82, 2.24) is 4.57 Å². The molecule has 4 aromatic rings. The maximum Gasteiger partial charge on any atom is 0.193 e. The molecule has 3 aromatic carbocycles. The predicted molar refractivity (Wildman–Crippen MR) is 95.0 cm³/mol. The second-order valence-corrected chi connectivity index (χ2v) is 5.95. The van der Waals surface area contributed by atoms with E-state index in [0.717, 1.165) is 27.6 Å². The molecule has 0 aliphatic heterocycles. The second kappa shape index (κ2) is 5.10. The SMILES string of the molecule is Cc1ccccc1C(=O)c1ccc2c(c1)c1ccccc1n2C. The summed E-state index contributed by atoms with van der Waals surface area (Å²) in [5, 5.41) is 2.31. The Morgan fingerprint density at radius 3 is 2.35 bits per heavy atom. The molecule has 0 aliphatic carbocycles. The van der Waals surface area contributed by atoms with Crippen molar-refractivity contribution in [2.45, 2.75) is 6.92 Å². The molecule has 2 nitrogen and oxygen atoms in total. The first-order valence-corrected chi connectivity index (χ1v) is 7.74. The number of hydrogen-bond donors (Lipinski definition) is 0. The summed E-state index contributed by atoms with van der Waals surface area (Å²) in [4.78, 5) is 12.8. The third kappa shape index (κ3) is 2.07. The zero-order chi connectivity index (χ0) is 16.0. The molecule has 0 N–H and O–H groups in total. The van der Waals surface area contributed by atoms with Crippen molar-refractivity contribution in [3.63, 3.8) is 0 Å². The molecule has 0 atom stereocenters. The molecule has 0 unspecified atom stereocenters. The fraction of sp³-hybridized carbons (Fsp3) is 0.0952. The highest BCUT2D eigenvalue weighted by Crippen LogP contribution is 2.29. The molecule has 112 valence electrons. The molecular weight excluding hydrogens is 282 g/mol. The number of para-hydroxylation sites is 1. The largest absolute Gasteiger partial charge is 0.344 e. The maximum absolute atomic E-state index is 12.8. The zero-order valence-electron chi connectivity index (χ0n) is 13.2. The van der Waals surface area contributed by atoms with Gasteiger partial charge in [-0.25, -0.2) is 0 Å². The van der Waals surface area contributed by atoms with Gasteiger partial charge in [-0.1, -0.05) is 42.5 Å². The van der Waals surface area contributed by atoms with E-state index >= 15 is 0 Å². The summed E-state index contributed by atoms with van der Waals surface area (Å²) in [6, 6.07) is 22.0. The summed E-state index contributed by atoms with van der Waals surface area (Å²) >= 11 is 0. The Morgan fingerprint density at radius 1 is 0.826 bits per heavy atom. The minimum atomic E-state index is 0.0814. The van der Waals surface area contributed by atoms with Gasteiger partial charge in [-0.3, -0.25) is 4.79 Å². The molecular formula is C21H17NO. The summed E-state index contributed by atoms with van der Waals surface area (Å²) < 4.78 is 2.17. The van der Waals surface area contributed by atoms with Crippen LogP contribution < -0.4 is 0 Å². The lowest BCUT2D eigenvalue weighted by Crippen LogP contribution is -2.03. The minimum absolute atomic E-state index is 0.0814. The summed E-state index contributed by atoms with van der Waals surface area (Å²) in [5.41, 5.74) is 4.85. The molecule has 2 heteroatoms. The molecule has 0 amide bonds. The van der Waals surface area contributed by atoms with Gasteiger partial charge < -0.3 is 4.57 Å². The average molecular weight is 299 g/mol. The van der Waals surface area contributed by atoms with Crippen LogP contribution in [0.4, 0.5) is 0 Å². The van der Waals surface area contributed by atoms with Crippen LogP contribution in [0.1, 0.15) is 21.5 Å². The van der Waals surface area contributed by atoms with Gasteiger partial charge >= 0.3 is 0 Å². The Hall–Kier alpha value is -2.87. The summed E-state index contributed by atoms with van der Waals surface area (Å²) in [7, 11) is 2.06. The maximum atomic E-state index is 12.8. The van der Waals surface area contributed by atoms with Gasteiger partial charge in [0, 0.05) is 40.0 Å². The Labute approximate surface area is 135 Å². The van der Waals surface area contributed by atoms with E-state index in [1.54, 1.807) is 0 Å². The van der Waals surface area contributed by atoms with Crippen LogP contribution in [0.15, 0.2) is 66.7 Å². The normalized spacial score (nSPS) is 11.2. The molecule has 0 spiro atoms. The van der Waals surface area contributed by atoms with Gasteiger partial charge in [0.05, 0.1) is 0 Å². The van der Waals surface area contributed by atoms with Crippen LogP contribution in [0.3, 0.4) is 0 Å². The lowest BCUT2D eigenvalue weighted by Gasteiger charge is -2.05. The number of fused-ring (bicyclic) bond motifs is 3. The number of rotatable bonds is 2. The number of ketones is 1. The molecule has 0 saturated carbocycles. The Balaban J connectivity index is 1.94. The molecule has 0 fully saturated rings. The smallest absolute Gasteiger partial charge is 0.193 e. The summed E-state index contributed by atoms with van der Waals surface area (Å²) in [5.74, 6) is 0.0814. The molecule has 0 bridgehead atoms. The van der Waals surface area contributed by atoms with Gasteiger partial charge in [0.25, 0.3) is 0 Å². The zero-order valence-corrected chi connectivity index (χ0v) is 13.2. The van der Waals surface area contributed by atoms with E-state index in [0.29, 0.717) is 0 Å². The highest BCUT2D eigenvalue weighted by molar-refractivity contribution is 6.15. The Kier molecular flexibility index (Phi) is 3.05. The first-order chi connectivity index (χ1) is 11.2. The van der Waals surface area contributed by atoms with Crippen LogP contribution in [0.25, 0.3) is 21.8 Å². The number of carbonyl (C=O) groups excluding carboxylic acids is 1. The number of aromatic nitrogens is 1. The molecule has 0 aliphatic rings. The third-order valence-corrected chi connectivity index (χ3v) is 4.57. The Morgan fingerprint density at radius 2 is 1.52 bits per heavy atom. The summed E-state index contributed by atoms with van der Waals surface area (Å²) in [6.45, 7) is 1.98. The van der Waals surface area contributed by atoms with Gasteiger partial charge in [-0.15, -0.1) is 0 Å². The first-order valence-electron chi connectivity index (χ1n) is 7.74. The second-order valence-electron chi connectivity index (χ2n) is 5.95. The van der Waals surface area contributed by atoms with Gasteiger partial charge in [0.1, 0.15) is 0 Å². The number of aryl methyl sites for hydroxylation is 2. The lowest BCUT2D eigenvalue weighted by atomic mass is 9.98. The van der Waals surface area contributed by atoms with Crippen molar-refractivity contribution in [3.8, 4) is 0 Å². The Bertz CT molecular complexity index is 1060. The van der Waals surface area contributed by atoms with Gasteiger partial charge in [-0.05, 0) is 36.8 Å².